The molecule has 1 aromatic carbocycles. The Balaban J connectivity index is 1.87. The Morgan fingerprint density at radius 2 is 1.94 bits per heavy atom. The van der Waals surface area contributed by atoms with E-state index in [1.807, 2.05) is 0 Å². The summed E-state index contributed by atoms with van der Waals surface area (Å²) in [5.74, 6) is 0. The first-order valence-electron chi connectivity index (χ1n) is 7.08. The summed E-state index contributed by atoms with van der Waals surface area (Å²) in [7, 11) is 2.31. The second kappa shape index (κ2) is 3.61. The maximum atomic E-state index is 3.61. The smallest absolute Gasteiger partial charge is 0.0459 e. The van der Waals surface area contributed by atoms with Crippen molar-refractivity contribution >= 4 is 10.9 Å². The molecule has 2 heteroatoms. The fraction of sp³-hybridized carbons (Fsp3) is 0.500. The molecule has 94 valence electrons. The van der Waals surface area contributed by atoms with Crippen LogP contribution in [0.2, 0.25) is 0 Å². The van der Waals surface area contributed by atoms with E-state index in [9.17, 15) is 0 Å². The van der Waals surface area contributed by atoms with Crippen LogP contribution in [0.25, 0.3) is 10.9 Å². The summed E-state index contributed by atoms with van der Waals surface area (Å²) in [4.78, 5) is 6.21. The third kappa shape index (κ3) is 1.33. The van der Waals surface area contributed by atoms with Gasteiger partial charge in [0, 0.05) is 28.7 Å². The van der Waals surface area contributed by atoms with Crippen LogP contribution in [0.5, 0.6) is 0 Å². The molecule has 0 atom stereocenters. The largest absolute Gasteiger partial charge is 0.357 e. The van der Waals surface area contributed by atoms with E-state index >= 15 is 0 Å². The average Bonchev–Trinajstić information content (AvgIpc) is 2.97. The summed E-state index contributed by atoms with van der Waals surface area (Å²) < 4.78 is 0. The van der Waals surface area contributed by atoms with Gasteiger partial charge in [0.2, 0.25) is 0 Å². The van der Waals surface area contributed by atoms with E-state index in [2.05, 4.69) is 41.2 Å². The van der Waals surface area contributed by atoms with Crippen LogP contribution in [-0.2, 0) is 13.0 Å². The standard InChI is InChI=1S/C16H20N2/c1-18-11-15-13(10-16(18)8-4-5-9-16)12-6-2-3-7-14(12)17-15/h2-3,6-7,17H,4-5,8-11H2,1H3. The molecule has 1 saturated carbocycles. The molecular formula is C16H20N2. The molecule has 1 aliphatic carbocycles. The average molecular weight is 240 g/mol. The van der Waals surface area contributed by atoms with E-state index in [4.69, 9.17) is 0 Å². The maximum absolute atomic E-state index is 3.61. The first-order valence-corrected chi connectivity index (χ1v) is 7.08. The van der Waals surface area contributed by atoms with Crippen LogP contribution < -0.4 is 0 Å². The summed E-state index contributed by atoms with van der Waals surface area (Å²) in [6, 6.07) is 8.77. The molecule has 2 nitrogen and oxygen atoms in total. The van der Waals surface area contributed by atoms with Gasteiger partial charge in [0.1, 0.15) is 0 Å². The fourth-order valence-corrected chi connectivity index (χ4v) is 4.05. The summed E-state index contributed by atoms with van der Waals surface area (Å²) in [5, 5.41) is 1.45. The van der Waals surface area contributed by atoms with Crippen molar-refractivity contribution in [2.24, 2.45) is 0 Å². The summed E-state index contributed by atoms with van der Waals surface area (Å²) in [6.07, 6.45) is 6.80. The fourth-order valence-electron chi connectivity index (χ4n) is 4.05. The number of nitrogens with one attached hydrogen (secondary N) is 1. The van der Waals surface area contributed by atoms with Gasteiger partial charge in [-0.2, -0.15) is 0 Å². The Morgan fingerprint density at radius 1 is 1.17 bits per heavy atom. The molecule has 2 heterocycles. The summed E-state index contributed by atoms with van der Waals surface area (Å²) in [5.41, 5.74) is 4.80. The molecule has 0 bridgehead atoms. The lowest BCUT2D eigenvalue weighted by atomic mass is 9.83. The van der Waals surface area contributed by atoms with E-state index in [1.54, 1.807) is 5.56 Å². The zero-order valence-electron chi connectivity index (χ0n) is 11.0. The van der Waals surface area contributed by atoms with Crippen molar-refractivity contribution in [1.82, 2.24) is 9.88 Å². The van der Waals surface area contributed by atoms with E-state index in [-0.39, 0.29) is 0 Å². The third-order valence-corrected chi connectivity index (χ3v) is 5.15. The Kier molecular flexibility index (Phi) is 2.13. The molecule has 0 saturated heterocycles. The number of hydrogen-bond donors (Lipinski definition) is 1. The van der Waals surface area contributed by atoms with Crippen molar-refractivity contribution in [1.29, 1.82) is 0 Å². The van der Waals surface area contributed by atoms with Crippen molar-refractivity contribution < 1.29 is 0 Å². The highest BCUT2D eigenvalue weighted by Gasteiger charge is 2.41. The zero-order valence-corrected chi connectivity index (χ0v) is 11.0. The van der Waals surface area contributed by atoms with Crippen LogP contribution in [-0.4, -0.2) is 22.5 Å². The lowest BCUT2D eigenvalue weighted by Gasteiger charge is -2.42. The van der Waals surface area contributed by atoms with Gasteiger partial charge >= 0.3 is 0 Å². The Hall–Kier alpha value is -1.28. The third-order valence-electron chi connectivity index (χ3n) is 5.15. The molecule has 1 fully saturated rings. The van der Waals surface area contributed by atoms with Gasteiger partial charge in [0.25, 0.3) is 0 Å². The van der Waals surface area contributed by atoms with Crippen LogP contribution in [0.4, 0.5) is 0 Å². The van der Waals surface area contributed by atoms with Gasteiger partial charge in [-0.25, -0.2) is 0 Å². The highest BCUT2D eigenvalue weighted by atomic mass is 15.2. The van der Waals surface area contributed by atoms with Crippen molar-refractivity contribution in [2.75, 3.05) is 7.05 Å². The second-order valence-corrected chi connectivity index (χ2v) is 6.09. The molecule has 1 N–H and O–H groups in total. The lowest BCUT2D eigenvalue weighted by Crippen LogP contribution is -2.48. The zero-order chi connectivity index (χ0) is 12.2. The molecule has 4 rings (SSSR count). The molecule has 0 radical (unpaired) electrons. The molecule has 1 spiro atoms. The molecule has 0 unspecified atom stereocenters. The molecule has 0 amide bonds. The number of benzene rings is 1. The van der Waals surface area contributed by atoms with Crippen LogP contribution in [0, 0.1) is 0 Å². The molecule has 2 aromatic rings. The number of aromatic nitrogens is 1. The number of likely N-dealkylation sites (N-methyl/N-ethyl adjacent to an activating group) is 1. The van der Waals surface area contributed by atoms with Crippen LogP contribution in [0.15, 0.2) is 24.3 Å². The van der Waals surface area contributed by atoms with Gasteiger partial charge in [-0.15, -0.1) is 0 Å². The van der Waals surface area contributed by atoms with E-state index in [0.29, 0.717) is 5.54 Å². The number of aromatic amines is 1. The Labute approximate surface area is 108 Å². The van der Waals surface area contributed by atoms with Crippen molar-refractivity contribution in [2.45, 2.75) is 44.2 Å². The number of rotatable bonds is 0. The van der Waals surface area contributed by atoms with Crippen molar-refractivity contribution in [3.63, 3.8) is 0 Å². The highest BCUT2D eigenvalue weighted by molar-refractivity contribution is 5.85. The minimum absolute atomic E-state index is 0.456. The first kappa shape index (κ1) is 10.6. The number of H-pyrrole nitrogens is 1. The van der Waals surface area contributed by atoms with Gasteiger partial charge in [0.05, 0.1) is 0 Å². The van der Waals surface area contributed by atoms with Gasteiger partial charge in [0.15, 0.2) is 0 Å². The Morgan fingerprint density at radius 3 is 2.78 bits per heavy atom. The Bertz CT molecular complexity index is 590. The number of nitrogens with zero attached hydrogens (tertiary/aromatic N) is 1. The van der Waals surface area contributed by atoms with E-state index in [1.165, 1.54) is 48.7 Å². The minimum atomic E-state index is 0.456. The normalized spacial score (nSPS) is 22.7. The second-order valence-electron chi connectivity index (χ2n) is 6.09. The quantitative estimate of drug-likeness (QED) is 0.747. The molecule has 1 aliphatic heterocycles. The van der Waals surface area contributed by atoms with Crippen LogP contribution in [0.3, 0.4) is 0 Å². The monoisotopic (exact) mass is 240 g/mol. The predicted molar refractivity (Wildman–Crippen MR) is 74.7 cm³/mol. The lowest BCUT2D eigenvalue weighted by molar-refractivity contribution is 0.101. The number of hydrogen-bond acceptors (Lipinski definition) is 1. The van der Waals surface area contributed by atoms with Crippen molar-refractivity contribution in [3.8, 4) is 0 Å². The van der Waals surface area contributed by atoms with Crippen LogP contribution >= 0.6 is 0 Å². The summed E-state index contributed by atoms with van der Waals surface area (Å²) >= 11 is 0. The van der Waals surface area contributed by atoms with Crippen molar-refractivity contribution in [3.05, 3.63) is 35.5 Å². The molecule has 1 aromatic heterocycles. The van der Waals surface area contributed by atoms with E-state index in [0.717, 1.165) is 6.54 Å². The first-order chi connectivity index (χ1) is 8.78. The SMILES string of the molecule is CN1Cc2[nH]c3ccccc3c2CC12CCCC2. The molecule has 18 heavy (non-hydrogen) atoms. The highest BCUT2D eigenvalue weighted by Crippen LogP contribution is 2.43. The van der Waals surface area contributed by atoms with Gasteiger partial charge < -0.3 is 4.98 Å². The topological polar surface area (TPSA) is 19.0 Å². The summed E-state index contributed by atoms with van der Waals surface area (Å²) in [6.45, 7) is 1.09. The predicted octanol–water partition coefficient (Wildman–Crippen LogP) is 3.47. The van der Waals surface area contributed by atoms with Crippen LogP contribution in [0.1, 0.15) is 36.9 Å². The van der Waals surface area contributed by atoms with Gasteiger partial charge in [-0.3, -0.25) is 4.90 Å². The maximum Gasteiger partial charge on any atom is 0.0459 e. The van der Waals surface area contributed by atoms with E-state index < -0.39 is 0 Å². The molecule has 2 aliphatic rings. The number of fused-ring (bicyclic) bond motifs is 3. The van der Waals surface area contributed by atoms with Gasteiger partial charge in [-0.1, -0.05) is 31.0 Å². The number of para-hydroxylation sites is 1. The minimum Gasteiger partial charge on any atom is -0.357 e. The van der Waals surface area contributed by atoms with Gasteiger partial charge in [-0.05, 0) is 37.9 Å². The molecular weight excluding hydrogens is 220 g/mol.